The minimum atomic E-state index is 0.619. The number of benzene rings is 1. The van der Waals surface area contributed by atoms with E-state index >= 15 is 0 Å². The van der Waals surface area contributed by atoms with Gasteiger partial charge in [0.1, 0.15) is 5.75 Å². The molecular formula is C16H26N2O. The van der Waals surface area contributed by atoms with Gasteiger partial charge in [-0.15, -0.1) is 0 Å². The fourth-order valence-electron chi connectivity index (χ4n) is 2.33. The predicted molar refractivity (Wildman–Crippen MR) is 81.2 cm³/mol. The molecule has 1 fully saturated rings. The van der Waals surface area contributed by atoms with Gasteiger partial charge >= 0.3 is 0 Å². The van der Waals surface area contributed by atoms with Crippen molar-refractivity contribution in [3.8, 4) is 5.75 Å². The number of rotatable bonds is 5. The molecule has 0 saturated carbocycles. The first kappa shape index (κ1) is 14.2. The Bertz CT molecular complexity index is 400. The van der Waals surface area contributed by atoms with Gasteiger partial charge in [0.05, 0.1) is 6.61 Å². The van der Waals surface area contributed by atoms with Gasteiger partial charge in [-0.25, -0.2) is 0 Å². The Morgan fingerprint density at radius 2 is 2.05 bits per heavy atom. The third kappa shape index (κ3) is 3.87. The maximum atomic E-state index is 5.85. The van der Waals surface area contributed by atoms with Gasteiger partial charge in [0.25, 0.3) is 0 Å². The fraction of sp³-hybridized carbons (Fsp3) is 0.625. The standard InChI is InChI=1S/C16H26N2O/c1-4-13(2)12-19-15-5-6-16(14(3)11-15)18-9-7-17-8-10-18/h5-6,11,13,17H,4,7-10,12H2,1-3H3. The Morgan fingerprint density at radius 3 is 2.68 bits per heavy atom. The monoisotopic (exact) mass is 262 g/mol. The Balaban J connectivity index is 2.00. The molecule has 1 saturated heterocycles. The summed E-state index contributed by atoms with van der Waals surface area (Å²) < 4.78 is 5.85. The van der Waals surface area contributed by atoms with Crippen molar-refractivity contribution in [2.45, 2.75) is 27.2 Å². The normalized spacial score (nSPS) is 17.3. The van der Waals surface area contributed by atoms with Gasteiger partial charge in [0.15, 0.2) is 0 Å². The van der Waals surface area contributed by atoms with Gasteiger partial charge in [-0.3, -0.25) is 0 Å². The molecular weight excluding hydrogens is 236 g/mol. The van der Waals surface area contributed by atoms with Crippen LogP contribution in [0.1, 0.15) is 25.8 Å². The number of hydrogen-bond acceptors (Lipinski definition) is 3. The van der Waals surface area contributed by atoms with Crippen LogP contribution in [0.5, 0.6) is 5.75 Å². The molecule has 0 radical (unpaired) electrons. The van der Waals surface area contributed by atoms with Crippen LogP contribution in [0.4, 0.5) is 5.69 Å². The van der Waals surface area contributed by atoms with E-state index in [0.717, 1.165) is 45.0 Å². The molecule has 0 amide bonds. The molecule has 0 spiro atoms. The van der Waals surface area contributed by atoms with Crippen molar-refractivity contribution in [3.63, 3.8) is 0 Å². The molecule has 106 valence electrons. The Labute approximate surface area is 116 Å². The number of piperazine rings is 1. The second-order valence-corrected chi connectivity index (χ2v) is 5.51. The van der Waals surface area contributed by atoms with E-state index in [9.17, 15) is 0 Å². The van der Waals surface area contributed by atoms with Crippen LogP contribution in [0.15, 0.2) is 18.2 Å². The Hall–Kier alpha value is -1.22. The van der Waals surface area contributed by atoms with Crippen molar-refractivity contribution in [2.24, 2.45) is 5.92 Å². The van der Waals surface area contributed by atoms with Crippen molar-refractivity contribution in [3.05, 3.63) is 23.8 Å². The quantitative estimate of drug-likeness (QED) is 0.883. The molecule has 1 N–H and O–H groups in total. The molecule has 1 aliphatic rings. The largest absolute Gasteiger partial charge is 0.493 e. The lowest BCUT2D eigenvalue weighted by molar-refractivity contribution is 0.256. The SMILES string of the molecule is CCC(C)COc1ccc(N2CCNCC2)c(C)c1. The second-order valence-electron chi connectivity index (χ2n) is 5.51. The van der Waals surface area contributed by atoms with Crippen molar-refractivity contribution < 1.29 is 4.74 Å². The van der Waals surface area contributed by atoms with E-state index in [0.29, 0.717) is 5.92 Å². The highest BCUT2D eigenvalue weighted by Crippen LogP contribution is 2.25. The highest BCUT2D eigenvalue weighted by Gasteiger charge is 2.13. The first-order valence-corrected chi connectivity index (χ1v) is 7.39. The van der Waals surface area contributed by atoms with E-state index in [2.05, 4.69) is 49.2 Å². The molecule has 3 nitrogen and oxygen atoms in total. The highest BCUT2D eigenvalue weighted by molar-refractivity contribution is 5.56. The van der Waals surface area contributed by atoms with Crippen molar-refractivity contribution in [1.29, 1.82) is 0 Å². The maximum absolute atomic E-state index is 5.85. The van der Waals surface area contributed by atoms with Gasteiger partial charge in [0.2, 0.25) is 0 Å². The van der Waals surface area contributed by atoms with E-state index in [1.54, 1.807) is 0 Å². The number of hydrogen-bond donors (Lipinski definition) is 1. The molecule has 1 unspecified atom stereocenters. The van der Waals surface area contributed by atoms with E-state index in [-0.39, 0.29) is 0 Å². The van der Waals surface area contributed by atoms with E-state index in [1.807, 2.05) is 0 Å². The van der Waals surface area contributed by atoms with Crippen LogP contribution < -0.4 is 15.0 Å². The topological polar surface area (TPSA) is 24.5 Å². The smallest absolute Gasteiger partial charge is 0.119 e. The number of aryl methyl sites for hydroxylation is 1. The highest BCUT2D eigenvalue weighted by atomic mass is 16.5. The average molecular weight is 262 g/mol. The summed E-state index contributed by atoms with van der Waals surface area (Å²) in [5.41, 5.74) is 2.65. The van der Waals surface area contributed by atoms with Gasteiger partial charge < -0.3 is 15.0 Å². The first-order valence-electron chi connectivity index (χ1n) is 7.39. The van der Waals surface area contributed by atoms with Gasteiger partial charge in [0, 0.05) is 31.9 Å². The van der Waals surface area contributed by atoms with E-state index in [1.165, 1.54) is 11.3 Å². The van der Waals surface area contributed by atoms with Crippen LogP contribution in [-0.2, 0) is 0 Å². The maximum Gasteiger partial charge on any atom is 0.119 e. The molecule has 1 atom stereocenters. The lowest BCUT2D eigenvalue weighted by Gasteiger charge is -2.30. The zero-order chi connectivity index (χ0) is 13.7. The van der Waals surface area contributed by atoms with Crippen LogP contribution >= 0.6 is 0 Å². The van der Waals surface area contributed by atoms with Crippen LogP contribution in [0, 0.1) is 12.8 Å². The molecule has 0 aliphatic carbocycles. The summed E-state index contributed by atoms with van der Waals surface area (Å²) in [6.07, 6.45) is 1.16. The third-order valence-corrected chi connectivity index (χ3v) is 3.86. The average Bonchev–Trinajstić information content (AvgIpc) is 2.45. The summed E-state index contributed by atoms with van der Waals surface area (Å²) in [6, 6.07) is 6.47. The molecule has 1 heterocycles. The van der Waals surface area contributed by atoms with Crippen LogP contribution in [0.25, 0.3) is 0 Å². The Morgan fingerprint density at radius 1 is 1.32 bits per heavy atom. The molecule has 2 rings (SSSR count). The number of nitrogens with one attached hydrogen (secondary N) is 1. The molecule has 0 bridgehead atoms. The zero-order valence-corrected chi connectivity index (χ0v) is 12.4. The fourth-order valence-corrected chi connectivity index (χ4v) is 2.33. The van der Waals surface area contributed by atoms with Crippen molar-refractivity contribution >= 4 is 5.69 Å². The molecule has 0 aromatic heterocycles. The molecule has 3 heteroatoms. The minimum absolute atomic E-state index is 0.619. The van der Waals surface area contributed by atoms with E-state index in [4.69, 9.17) is 4.74 Å². The van der Waals surface area contributed by atoms with Gasteiger partial charge in [-0.05, 0) is 36.6 Å². The summed E-state index contributed by atoms with van der Waals surface area (Å²) >= 11 is 0. The van der Waals surface area contributed by atoms with Crippen LogP contribution in [0.2, 0.25) is 0 Å². The Kier molecular flexibility index (Phi) is 5.08. The lowest BCUT2D eigenvalue weighted by Crippen LogP contribution is -2.43. The van der Waals surface area contributed by atoms with E-state index < -0.39 is 0 Å². The summed E-state index contributed by atoms with van der Waals surface area (Å²) in [6.45, 7) is 11.7. The second kappa shape index (κ2) is 6.80. The van der Waals surface area contributed by atoms with Crippen molar-refractivity contribution in [1.82, 2.24) is 5.32 Å². The van der Waals surface area contributed by atoms with Crippen LogP contribution in [0.3, 0.4) is 0 Å². The summed E-state index contributed by atoms with van der Waals surface area (Å²) in [5.74, 6) is 1.62. The number of ether oxygens (including phenoxy) is 1. The first-order chi connectivity index (χ1) is 9.20. The summed E-state index contributed by atoms with van der Waals surface area (Å²) in [5, 5.41) is 3.39. The van der Waals surface area contributed by atoms with Crippen molar-refractivity contribution in [2.75, 3.05) is 37.7 Å². The molecule has 1 aromatic rings. The van der Waals surface area contributed by atoms with Gasteiger partial charge in [-0.2, -0.15) is 0 Å². The third-order valence-electron chi connectivity index (χ3n) is 3.86. The minimum Gasteiger partial charge on any atom is -0.493 e. The zero-order valence-electron chi connectivity index (χ0n) is 12.4. The van der Waals surface area contributed by atoms with Gasteiger partial charge in [-0.1, -0.05) is 20.3 Å². The number of nitrogens with zero attached hydrogens (tertiary/aromatic N) is 1. The lowest BCUT2D eigenvalue weighted by atomic mass is 10.1. The molecule has 19 heavy (non-hydrogen) atoms. The summed E-state index contributed by atoms with van der Waals surface area (Å²) in [7, 11) is 0. The summed E-state index contributed by atoms with van der Waals surface area (Å²) in [4.78, 5) is 2.45. The predicted octanol–water partition coefficient (Wildman–Crippen LogP) is 2.83. The molecule has 1 aliphatic heterocycles. The number of anilines is 1. The van der Waals surface area contributed by atoms with Crippen LogP contribution in [-0.4, -0.2) is 32.8 Å². The molecule has 1 aromatic carbocycles.